The lowest BCUT2D eigenvalue weighted by Crippen LogP contribution is -2.31. The average Bonchev–Trinajstić information content (AvgIpc) is 2.54. The number of hydrogen-bond acceptors (Lipinski definition) is 2. The van der Waals surface area contributed by atoms with Crippen molar-refractivity contribution in [3.8, 4) is 0 Å². The van der Waals surface area contributed by atoms with Crippen LogP contribution in [0.15, 0.2) is 0 Å². The van der Waals surface area contributed by atoms with Crippen LogP contribution in [0.25, 0.3) is 0 Å². The molecule has 1 unspecified atom stereocenters. The molecule has 1 aliphatic heterocycles. The molecule has 0 N–H and O–H groups in total. The number of nitrogens with zero attached hydrogens (tertiary/aromatic N) is 1. The van der Waals surface area contributed by atoms with Crippen molar-refractivity contribution in [2.24, 2.45) is 5.92 Å². The van der Waals surface area contributed by atoms with Crippen LogP contribution in [0.3, 0.4) is 0 Å². The second-order valence-electron chi connectivity index (χ2n) is 5.36. The van der Waals surface area contributed by atoms with E-state index in [2.05, 4.69) is 6.92 Å². The molecule has 3 nitrogen and oxygen atoms in total. The summed E-state index contributed by atoms with van der Waals surface area (Å²) in [5, 5.41) is 0. The van der Waals surface area contributed by atoms with E-state index in [-0.39, 0.29) is 5.91 Å². The third kappa shape index (κ3) is 5.19. The highest BCUT2D eigenvalue weighted by atomic mass is 16.2. The Balaban J connectivity index is 2.31. The number of ketones is 1. The molecule has 1 fully saturated rings. The van der Waals surface area contributed by atoms with Crippen LogP contribution in [0.1, 0.15) is 65.2 Å². The fraction of sp³-hybridized carbons (Fsp3) is 0.867. The summed E-state index contributed by atoms with van der Waals surface area (Å²) in [5.74, 6) is 1.32. The van der Waals surface area contributed by atoms with E-state index >= 15 is 0 Å². The first-order chi connectivity index (χ1) is 8.67. The summed E-state index contributed by atoms with van der Waals surface area (Å²) in [6.45, 7) is 5.77. The molecule has 1 heterocycles. The first-order valence-corrected chi connectivity index (χ1v) is 7.46. The van der Waals surface area contributed by atoms with Crippen LogP contribution >= 0.6 is 0 Å². The second kappa shape index (κ2) is 8.28. The van der Waals surface area contributed by atoms with Gasteiger partial charge in [0.2, 0.25) is 5.91 Å². The first kappa shape index (κ1) is 15.2. The SMILES string of the molecule is CCCC1CCC(=O)N(CCCC(=O)CC)CC1. The highest BCUT2D eigenvalue weighted by Gasteiger charge is 2.21. The number of carbonyl (C=O) groups excluding carboxylic acids is 2. The van der Waals surface area contributed by atoms with Gasteiger partial charge < -0.3 is 4.90 Å². The van der Waals surface area contributed by atoms with Crippen LogP contribution in [0.5, 0.6) is 0 Å². The molecule has 1 aliphatic rings. The molecule has 0 aromatic rings. The van der Waals surface area contributed by atoms with Gasteiger partial charge in [-0.15, -0.1) is 0 Å². The zero-order valence-electron chi connectivity index (χ0n) is 11.9. The van der Waals surface area contributed by atoms with Gasteiger partial charge in [-0.1, -0.05) is 26.7 Å². The average molecular weight is 253 g/mol. The van der Waals surface area contributed by atoms with Crippen molar-refractivity contribution in [1.29, 1.82) is 0 Å². The minimum Gasteiger partial charge on any atom is -0.343 e. The van der Waals surface area contributed by atoms with Crippen molar-refractivity contribution in [1.82, 2.24) is 4.90 Å². The Morgan fingerprint density at radius 1 is 1.33 bits per heavy atom. The molecule has 0 bridgehead atoms. The van der Waals surface area contributed by atoms with E-state index in [1.807, 2.05) is 11.8 Å². The van der Waals surface area contributed by atoms with E-state index in [4.69, 9.17) is 0 Å². The predicted octanol–water partition coefficient (Wildman–Crippen LogP) is 3.17. The van der Waals surface area contributed by atoms with Gasteiger partial charge in [0, 0.05) is 32.4 Å². The minimum absolute atomic E-state index is 0.289. The van der Waals surface area contributed by atoms with Gasteiger partial charge in [0.25, 0.3) is 0 Å². The maximum absolute atomic E-state index is 12.0. The molecule has 0 spiro atoms. The van der Waals surface area contributed by atoms with Gasteiger partial charge in [0.15, 0.2) is 0 Å². The lowest BCUT2D eigenvalue weighted by molar-refractivity contribution is -0.131. The van der Waals surface area contributed by atoms with Crippen molar-refractivity contribution in [2.45, 2.75) is 65.2 Å². The Hall–Kier alpha value is -0.860. The summed E-state index contributed by atoms with van der Waals surface area (Å²) < 4.78 is 0. The number of Topliss-reactive ketones (excluding diaryl/α,β-unsaturated/α-hetero) is 1. The fourth-order valence-corrected chi connectivity index (χ4v) is 2.67. The lowest BCUT2D eigenvalue weighted by atomic mass is 9.96. The lowest BCUT2D eigenvalue weighted by Gasteiger charge is -2.20. The van der Waals surface area contributed by atoms with Crippen LogP contribution < -0.4 is 0 Å². The molecule has 0 aromatic carbocycles. The van der Waals surface area contributed by atoms with Gasteiger partial charge in [-0.25, -0.2) is 0 Å². The smallest absolute Gasteiger partial charge is 0.222 e. The van der Waals surface area contributed by atoms with E-state index in [0.29, 0.717) is 25.0 Å². The van der Waals surface area contributed by atoms with Gasteiger partial charge in [-0.05, 0) is 25.2 Å². The van der Waals surface area contributed by atoms with Gasteiger partial charge in [-0.3, -0.25) is 9.59 Å². The van der Waals surface area contributed by atoms with Crippen molar-refractivity contribution < 1.29 is 9.59 Å². The highest BCUT2D eigenvalue weighted by molar-refractivity contribution is 5.78. The van der Waals surface area contributed by atoms with Gasteiger partial charge in [0.05, 0.1) is 0 Å². The van der Waals surface area contributed by atoms with Gasteiger partial charge >= 0.3 is 0 Å². The predicted molar refractivity (Wildman–Crippen MR) is 73.4 cm³/mol. The van der Waals surface area contributed by atoms with Crippen molar-refractivity contribution in [3.05, 3.63) is 0 Å². The quantitative estimate of drug-likeness (QED) is 0.699. The molecular weight excluding hydrogens is 226 g/mol. The summed E-state index contributed by atoms with van der Waals surface area (Å²) in [6.07, 6.45) is 7.42. The molecule has 104 valence electrons. The molecule has 0 radical (unpaired) electrons. The van der Waals surface area contributed by atoms with Crippen LogP contribution in [0.2, 0.25) is 0 Å². The van der Waals surface area contributed by atoms with Crippen molar-refractivity contribution >= 4 is 11.7 Å². The Kier molecular flexibility index (Phi) is 6.99. The number of likely N-dealkylation sites (tertiary alicyclic amines) is 1. The Bertz CT molecular complexity index is 276. The van der Waals surface area contributed by atoms with E-state index in [0.717, 1.165) is 38.3 Å². The van der Waals surface area contributed by atoms with E-state index in [1.165, 1.54) is 12.8 Å². The molecule has 0 aromatic heterocycles. The normalized spacial score (nSPS) is 20.9. The topological polar surface area (TPSA) is 37.4 Å². The zero-order valence-corrected chi connectivity index (χ0v) is 11.9. The summed E-state index contributed by atoms with van der Waals surface area (Å²) in [4.78, 5) is 25.2. The van der Waals surface area contributed by atoms with E-state index in [1.54, 1.807) is 0 Å². The molecule has 18 heavy (non-hydrogen) atoms. The molecular formula is C15H27NO2. The Labute approximate surface area is 111 Å². The van der Waals surface area contributed by atoms with Crippen LogP contribution in [-0.4, -0.2) is 29.7 Å². The standard InChI is InChI=1S/C15H27NO2/c1-3-6-13-8-9-15(18)16(12-10-13)11-5-7-14(17)4-2/h13H,3-12H2,1-2H3. The third-order valence-electron chi connectivity index (χ3n) is 3.90. The maximum Gasteiger partial charge on any atom is 0.222 e. The monoisotopic (exact) mass is 253 g/mol. The molecule has 1 rings (SSSR count). The Morgan fingerprint density at radius 3 is 2.78 bits per heavy atom. The fourth-order valence-electron chi connectivity index (χ4n) is 2.67. The molecule has 0 aliphatic carbocycles. The Morgan fingerprint density at radius 2 is 2.11 bits per heavy atom. The summed E-state index contributed by atoms with van der Waals surface area (Å²) in [7, 11) is 0. The van der Waals surface area contributed by atoms with Gasteiger partial charge in [0.1, 0.15) is 5.78 Å². The van der Waals surface area contributed by atoms with Crippen LogP contribution in [0.4, 0.5) is 0 Å². The highest BCUT2D eigenvalue weighted by Crippen LogP contribution is 2.22. The van der Waals surface area contributed by atoms with E-state index in [9.17, 15) is 9.59 Å². The second-order valence-corrected chi connectivity index (χ2v) is 5.36. The van der Waals surface area contributed by atoms with Crippen molar-refractivity contribution in [2.75, 3.05) is 13.1 Å². The summed E-state index contributed by atoms with van der Waals surface area (Å²) >= 11 is 0. The van der Waals surface area contributed by atoms with Crippen molar-refractivity contribution in [3.63, 3.8) is 0 Å². The number of carbonyl (C=O) groups is 2. The summed E-state index contributed by atoms with van der Waals surface area (Å²) in [5.41, 5.74) is 0. The molecule has 1 amide bonds. The zero-order chi connectivity index (χ0) is 13.4. The number of rotatable bonds is 7. The maximum atomic E-state index is 12.0. The minimum atomic E-state index is 0.289. The van der Waals surface area contributed by atoms with Gasteiger partial charge in [-0.2, -0.15) is 0 Å². The molecule has 1 atom stereocenters. The summed E-state index contributed by atoms with van der Waals surface area (Å²) in [6, 6.07) is 0. The first-order valence-electron chi connectivity index (χ1n) is 7.46. The largest absolute Gasteiger partial charge is 0.343 e. The molecule has 1 saturated heterocycles. The van der Waals surface area contributed by atoms with Crippen LogP contribution in [0, 0.1) is 5.92 Å². The third-order valence-corrected chi connectivity index (χ3v) is 3.90. The van der Waals surface area contributed by atoms with Crippen LogP contribution in [-0.2, 0) is 9.59 Å². The number of amides is 1. The molecule has 3 heteroatoms. The molecule has 0 saturated carbocycles. The number of hydrogen-bond donors (Lipinski definition) is 0. The van der Waals surface area contributed by atoms with E-state index < -0.39 is 0 Å².